The summed E-state index contributed by atoms with van der Waals surface area (Å²) in [7, 11) is 3.05. The van der Waals surface area contributed by atoms with Crippen molar-refractivity contribution < 1.29 is 13.7 Å². The molecule has 0 bridgehead atoms. The van der Waals surface area contributed by atoms with E-state index in [0.29, 0.717) is 6.54 Å². The summed E-state index contributed by atoms with van der Waals surface area (Å²) in [5.41, 5.74) is -0.439. The maximum Gasteiger partial charge on any atom is 0.410 e. The van der Waals surface area contributed by atoms with Crippen LogP contribution in [0.4, 0.5) is 4.79 Å². The monoisotopic (exact) mass is 361 g/mol. The summed E-state index contributed by atoms with van der Waals surface area (Å²) >= 11 is 2.08. The molecule has 0 saturated heterocycles. The van der Waals surface area contributed by atoms with Gasteiger partial charge in [0, 0.05) is 34.8 Å². The van der Waals surface area contributed by atoms with Crippen LogP contribution < -0.4 is 0 Å². The predicted molar refractivity (Wildman–Crippen MR) is 75.6 cm³/mol. The normalized spacial score (nSPS) is 13.4. The number of nitrogens with zero attached hydrogens (tertiary/aromatic N) is 1. The van der Waals surface area contributed by atoms with E-state index >= 15 is 0 Å². The van der Waals surface area contributed by atoms with Crippen molar-refractivity contribution in [2.75, 3.05) is 13.6 Å². The van der Waals surface area contributed by atoms with Crippen molar-refractivity contribution in [3.63, 3.8) is 0 Å². The van der Waals surface area contributed by atoms with Gasteiger partial charge in [-0.1, -0.05) is 0 Å². The van der Waals surface area contributed by atoms with Gasteiger partial charge in [-0.25, -0.2) is 4.79 Å². The molecular weight excluding hydrogens is 341 g/mol. The molecule has 16 heavy (non-hydrogen) atoms. The van der Waals surface area contributed by atoms with Crippen LogP contribution in [-0.2, 0) is 8.92 Å². The Balaban J connectivity index is 3.88. The molecule has 0 saturated carbocycles. The Morgan fingerprint density at radius 1 is 1.50 bits per heavy atom. The van der Waals surface area contributed by atoms with Crippen molar-refractivity contribution in [3.05, 3.63) is 0 Å². The molecule has 1 amide bonds. The van der Waals surface area contributed by atoms with Crippen molar-refractivity contribution in [2.24, 2.45) is 0 Å². The summed E-state index contributed by atoms with van der Waals surface area (Å²) in [6, 6.07) is 0. The molecule has 0 aromatic rings. The number of hydrogen-bond acceptors (Lipinski definition) is 4. The van der Waals surface area contributed by atoms with Gasteiger partial charge in [0.15, 0.2) is 0 Å². The standard InChI is InChI=1S/C10H20INO3S/c1-8(15-16-11)6-7-12(5)9(13)14-10(2,3)4/h8H,6-7H2,1-5H3. The summed E-state index contributed by atoms with van der Waals surface area (Å²) in [5.74, 6) is 0. The van der Waals surface area contributed by atoms with Gasteiger partial charge in [-0.2, -0.15) is 0 Å². The van der Waals surface area contributed by atoms with E-state index in [0.717, 1.165) is 6.42 Å². The summed E-state index contributed by atoms with van der Waals surface area (Å²) in [5, 5.41) is 0. The van der Waals surface area contributed by atoms with Crippen LogP contribution in [0.15, 0.2) is 0 Å². The minimum absolute atomic E-state index is 0.131. The van der Waals surface area contributed by atoms with E-state index in [2.05, 4.69) is 21.2 Å². The molecule has 0 rings (SSSR count). The van der Waals surface area contributed by atoms with E-state index in [-0.39, 0.29) is 12.2 Å². The van der Waals surface area contributed by atoms with Crippen LogP contribution >= 0.6 is 30.4 Å². The Kier molecular flexibility index (Phi) is 7.75. The minimum atomic E-state index is -0.439. The molecule has 0 heterocycles. The van der Waals surface area contributed by atoms with Gasteiger partial charge in [0.05, 0.1) is 15.3 Å². The summed E-state index contributed by atoms with van der Waals surface area (Å²) in [6.45, 7) is 8.19. The number of ether oxygens (including phenoxy) is 1. The smallest absolute Gasteiger partial charge is 0.410 e. The van der Waals surface area contributed by atoms with Crippen molar-refractivity contribution in [2.45, 2.75) is 45.8 Å². The summed E-state index contributed by atoms with van der Waals surface area (Å²) < 4.78 is 10.5. The highest BCUT2D eigenvalue weighted by atomic mass is 127. The molecule has 0 spiro atoms. The van der Waals surface area contributed by atoms with Crippen LogP contribution in [0.5, 0.6) is 0 Å². The lowest BCUT2D eigenvalue weighted by Gasteiger charge is -2.25. The highest BCUT2D eigenvalue weighted by Gasteiger charge is 2.19. The number of carbonyl (C=O) groups is 1. The van der Waals surface area contributed by atoms with Crippen LogP contribution in [-0.4, -0.2) is 36.3 Å². The molecular formula is C10H20INO3S. The van der Waals surface area contributed by atoms with Gasteiger partial charge in [-0.05, 0) is 34.1 Å². The molecule has 96 valence electrons. The summed E-state index contributed by atoms with van der Waals surface area (Å²) in [6.07, 6.45) is 0.639. The van der Waals surface area contributed by atoms with E-state index in [4.69, 9.17) is 8.92 Å². The van der Waals surface area contributed by atoms with E-state index in [1.54, 1.807) is 11.9 Å². The average molecular weight is 361 g/mol. The molecule has 0 aromatic carbocycles. The highest BCUT2D eigenvalue weighted by Crippen LogP contribution is 2.17. The molecule has 0 N–H and O–H groups in total. The lowest BCUT2D eigenvalue weighted by atomic mass is 10.2. The van der Waals surface area contributed by atoms with Crippen LogP contribution in [0, 0.1) is 0 Å². The summed E-state index contributed by atoms with van der Waals surface area (Å²) in [4.78, 5) is 13.2. The zero-order valence-corrected chi connectivity index (χ0v) is 13.4. The highest BCUT2D eigenvalue weighted by molar-refractivity contribution is 14.2. The Hall–Kier alpha value is 0.310. The van der Waals surface area contributed by atoms with Gasteiger partial charge in [0.2, 0.25) is 0 Å². The van der Waals surface area contributed by atoms with Gasteiger partial charge in [-0.3, -0.25) is 0 Å². The van der Waals surface area contributed by atoms with Gasteiger partial charge >= 0.3 is 6.09 Å². The lowest BCUT2D eigenvalue weighted by molar-refractivity contribution is 0.0285. The molecule has 0 aromatic heterocycles. The first-order chi connectivity index (χ1) is 7.26. The maximum absolute atomic E-state index is 11.6. The van der Waals surface area contributed by atoms with E-state index in [1.165, 1.54) is 9.21 Å². The molecule has 1 unspecified atom stereocenters. The predicted octanol–water partition coefficient (Wildman–Crippen LogP) is 3.65. The second-order valence-electron chi connectivity index (χ2n) is 4.66. The maximum atomic E-state index is 11.6. The largest absolute Gasteiger partial charge is 0.444 e. The van der Waals surface area contributed by atoms with Crippen molar-refractivity contribution >= 4 is 36.5 Å². The van der Waals surface area contributed by atoms with Gasteiger partial charge in [-0.15, -0.1) is 0 Å². The first-order valence-corrected chi connectivity index (χ1v) is 8.43. The van der Waals surface area contributed by atoms with E-state index < -0.39 is 5.60 Å². The van der Waals surface area contributed by atoms with Gasteiger partial charge in [0.1, 0.15) is 5.60 Å². The van der Waals surface area contributed by atoms with Gasteiger partial charge in [0.25, 0.3) is 0 Å². The second kappa shape index (κ2) is 7.60. The molecule has 0 radical (unpaired) electrons. The third kappa shape index (κ3) is 8.46. The quantitative estimate of drug-likeness (QED) is 0.554. The van der Waals surface area contributed by atoms with E-state index in [9.17, 15) is 4.79 Å². The molecule has 0 aliphatic rings. The third-order valence-electron chi connectivity index (χ3n) is 1.78. The number of halogens is 1. The van der Waals surface area contributed by atoms with Crippen molar-refractivity contribution in [3.8, 4) is 0 Å². The Morgan fingerprint density at radius 2 is 2.06 bits per heavy atom. The van der Waals surface area contributed by atoms with Crippen LogP contribution in [0.1, 0.15) is 34.1 Å². The molecule has 1 atom stereocenters. The first kappa shape index (κ1) is 16.3. The Morgan fingerprint density at radius 3 is 2.50 bits per heavy atom. The molecule has 0 aliphatic carbocycles. The molecule has 0 aliphatic heterocycles. The van der Waals surface area contributed by atoms with Crippen LogP contribution in [0.3, 0.4) is 0 Å². The molecule has 4 nitrogen and oxygen atoms in total. The molecule has 0 fully saturated rings. The number of amides is 1. The van der Waals surface area contributed by atoms with Crippen LogP contribution in [0.25, 0.3) is 0 Å². The fraction of sp³-hybridized carbons (Fsp3) is 0.900. The Bertz CT molecular complexity index is 221. The third-order valence-corrected chi connectivity index (χ3v) is 2.80. The topological polar surface area (TPSA) is 38.8 Å². The number of rotatable bonds is 5. The molecule has 6 heteroatoms. The SMILES string of the molecule is CC(CCN(C)C(=O)OC(C)(C)C)OSI. The second-order valence-corrected chi connectivity index (χ2v) is 6.06. The minimum Gasteiger partial charge on any atom is -0.444 e. The fourth-order valence-electron chi connectivity index (χ4n) is 0.917. The fourth-order valence-corrected chi connectivity index (χ4v) is 2.20. The zero-order chi connectivity index (χ0) is 12.8. The van der Waals surface area contributed by atoms with Gasteiger partial charge < -0.3 is 13.8 Å². The van der Waals surface area contributed by atoms with Crippen LogP contribution in [0.2, 0.25) is 0 Å². The number of carbonyl (C=O) groups excluding carboxylic acids is 1. The first-order valence-electron chi connectivity index (χ1n) is 5.14. The average Bonchev–Trinajstić information content (AvgIpc) is 2.11. The van der Waals surface area contributed by atoms with E-state index in [1.807, 2.05) is 27.7 Å². The zero-order valence-electron chi connectivity index (χ0n) is 10.4. The van der Waals surface area contributed by atoms with Crippen molar-refractivity contribution in [1.29, 1.82) is 0 Å². The lowest BCUT2D eigenvalue weighted by Crippen LogP contribution is -2.35. The van der Waals surface area contributed by atoms with Crippen molar-refractivity contribution in [1.82, 2.24) is 4.90 Å². The number of hydrogen-bond donors (Lipinski definition) is 0. The Labute approximate surface area is 114 Å².